The van der Waals surface area contributed by atoms with Crippen molar-refractivity contribution < 1.29 is 13.2 Å². The zero-order valence-corrected chi connectivity index (χ0v) is 18.3. The van der Waals surface area contributed by atoms with Crippen molar-refractivity contribution in [2.45, 2.75) is 25.9 Å². The number of H-pyrrole nitrogens is 1. The van der Waals surface area contributed by atoms with Gasteiger partial charge < -0.3 is 14.7 Å². The van der Waals surface area contributed by atoms with Gasteiger partial charge in [0.1, 0.15) is 5.82 Å². The summed E-state index contributed by atoms with van der Waals surface area (Å²) in [5, 5.41) is 23.2. The minimum absolute atomic E-state index is 0.0431. The molecule has 2 aromatic carbocycles. The summed E-state index contributed by atoms with van der Waals surface area (Å²) in [6, 6.07) is 14.9. The van der Waals surface area contributed by atoms with E-state index in [0.29, 0.717) is 17.9 Å². The zero-order valence-electron chi connectivity index (χ0n) is 18.3. The van der Waals surface area contributed by atoms with Crippen LogP contribution in [-0.4, -0.2) is 46.9 Å². The maximum atomic E-state index is 12.7. The molecular formula is C23H19F2N9O. The molecule has 0 radical (unpaired) electrons. The Morgan fingerprint density at radius 2 is 1.86 bits per heavy atom. The molecule has 0 amide bonds. The quantitative estimate of drug-likeness (QED) is 0.383. The predicted octanol–water partition coefficient (Wildman–Crippen LogP) is 3.41. The van der Waals surface area contributed by atoms with Gasteiger partial charge in [-0.25, -0.2) is 4.98 Å². The molecule has 10 nitrogen and oxygen atoms in total. The van der Waals surface area contributed by atoms with E-state index in [9.17, 15) is 8.78 Å². The molecule has 1 aliphatic heterocycles. The highest BCUT2D eigenvalue weighted by Gasteiger charge is 2.18. The van der Waals surface area contributed by atoms with E-state index in [0.717, 1.165) is 47.7 Å². The number of imidazole rings is 1. The lowest BCUT2D eigenvalue weighted by Gasteiger charge is -2.09. The lowest BCUT2D eigenvalue weighted by Crippen LogP contribution is -2.23. The zero-order chi connectivity index (χ0) is 23.8. The van der Waals surface area contributed by atoms with Crippen LogP contribution in [0.15, 0.2) is 52.9 Å². The Hall–Kier alpha value is -4.32. The van der Waals surface area contributed by atoms with E-state index in [1.165, 1.54) is 10.5 Å². The summed E-state index contributed by atoms with van der Waals surface area (Å²) >= 11 is 0. The molecule has 0 saturated heterocycles. The second kappa shape index (κ2) is 8.80. The van der Waals surface area contributed by atoms with Gasteiger partial charge >= 0.3 is 6.43 Å². The van der Waals surface area contributed by atoms with Crippen molar-refractivity contribution in [1.29, 1.82) is 0 Å². The SMILES string of the molecule is FC(F)c1nnc(-c2ccc(Cn3nnc(-c4cccc(-c5nc6c([nH]5)CCNC6)c4)n3)cc2)o1. The van der Waals surface area contributed by atoms with Crippen LogP contribution < -0.4 is 5.32 Å². The third-order valence-corrected chi connectivity index (χ3v) is 5.71. The van der Waals surface area contributed by atoms with E-state index < -0.39 is 12.3 Å². The van der Waals surface area contributed by atoms with Gasteiger partial charge in [-0.05, 0) is 29.0 Å². The third-order valence-electron chi connectivity index (χ3n) is 5.71. The van der Waals surface area contributed by atoms with Gasteiger partial charge in [-0.2, -0.15) is 13.6 Å². The van der Waals surface area contributed by atoms with Gasteiger partial charge in [-0.15, -0.1) is 20.4 Å². The fourth-order valence-corrected chi connectivity index (χ4v) is 3.94. The molecular weight excluding hydrogens is 456 g/mol. The lowest BCUT2D eigenvalue weighted by molar-refractivity contribution is 0.116. The van der Waals surface area contributed by atoms with E-state index in [-0.39, 0.29) is 5.89 Å². The first kappa shape index (κ1) is 21.2. The number of alkyl halides is 2. The van der Waals surface area contributed by atoms with E-state index in [4.69, 9.17) is 9.40 Å². The summed E-state index contributed by atoms with van der Waals surface area (Å²) in [4.78, 5) is 9.64. The number of aromatic amines is 1. The lowest BCUT2D eigenvalue weighted by atomic mass is 10.1. The molecule has 2 N–H and O–H groups in total. The van der Waals surface area contributed by atoms with E-state index in [1.54, 1.807) is 12.1 Å². The van der Waals surface area contributed by atoms with Crippen molar-refractivity contribution in [3.8, 4) is 34.2 Å². The molecule has 0 fully saturated rings. The molecule has 1 aliphatic rings. The normalized spacial score (nSPS) is 13.3. The second-order valence-electron chi connectivity index (χ2n) is 8.10. The third kappa shape index (κ3) is 4.30. The van der Waals surface area contributed by atoms with Crippen molar-refractivity contribution in [3.63, 3.8) is 0 Å². The van der Waals surface area contributed by atoms with Crippen LogP contribution in [0.2, 0.25) is 0 Å². The van der Waals surface area contributed by atoms with Crippen LogP contribution >= 0.6 is 0 Å². The number of tetrazole rings is 1. The average Bonchev–Trinajstić information content (AvgIpc) is 3.64. The Morgan fingerprint density at radius 1 is 1.00 bits per heavy atom. The number of hydrogen-bond donors (Lipinski definition) is 2. The van der Waals surface area contributed by atoms with E-state index in [2.05, 4.69) is 35.9 Å². The Kier molecular flexibility index (Phi) is 5.34. The molecule has 176 valence electrons. The van der Waals surface area contributed by atoms with Gasteiger partial charge in [-0.1, -0.05) is 30.3 Å². The van der Waals surface area contributed by atoms with Crippen LogP contribution in [0, 0.1) is 0 Å². The van der Waals surface area contributed by atoms with Gasteiger partial charge in [0, 0.05) is 41.9 Å². The standard InChI is InChI=1S/C23H19F2N9O/c24-19(25)23-31-30-22(35-23)14-6-4-13(5-7-14)12-34-32-21(29-33-34)16-3-1-2-15(10-16)20-27-17-8-9-26-11-18(17)28-20/h1-7,10,19,26H,8-9,11-12H2,(H,27,28). The summed E-state index contributed by atoms with van der Waals surface area (Å²) < 4.78 is 30.3. The topological polar surface area (TPSA) is 123 Å². The van der Waals surface area contributed by atoms with Gasteiger partial charge in [0.15, 0.2) is 0 Å². The Morgan fingerprint density at radius 3 is 2.66 bits per heavy atom. The van der Waals surface area contributed by atoms with Crippen molar-refractivity contribution in [2.75, 3.05) is 6.54 Å². The van der Waals surface area contributed by atoms with Crippen LogP contribution in [-0.2, 0) is 19.5 Å². The highest BCUT2D eigenvalue weighted by molar-refractivity contribution is 5.66. The molecule has 0 aliphatic carbocycles. The van der Waals surface area contributed by atoms with E-state index >= 15 is 0 Å². The molecule has 6 rings (SSSR count). The minimum Gasteiger partial charge on any atom is -0.415 e. The number of aromatic nitrogens is 8. The molecule has 4 heterocycles. The smallest absolute Gasteiger partial charge is 0.314 e. The Labute approximate surface area is 197 Å². The van der Waals surface area contributed by atoms with Crippen LogP contribution in [0.25, 0.3) is 34.2 Å². The molecule has 35 heavy (non-hydrogen) atoms. The fraction of sp³-hybridized carbons (Fsp3) is 0.217. The maximum Gasteiger partial charge on any atom is 0.314 e. The van der Waals surface area contributed by atoms with Crippen LogP contribution in [0.5, 0.6) is 0 Å². The van der Waals surface area contributed by atoms with Gasteiger partial charge in [0.25, 0.3) is 5.89 Å². The summed E-state index contributed by atoms with van der Waals surface area (Å²) in [7, 11) is 0. The molecule has 12 heteroatoms. The number of halogens is 2. The fourth-order valence-electron chi connectivity index (χ4n) is 3.94. The molecule has 0 spiro atoms. The minimum atomic E-state index is -2.80. The number of nitrogens with zero attached hydrogens (tertiary/aromatic N) is 7. The first-order valence-electron chi connectivity index (χ1n) is 11.0. The molecule has 0 saturated carbocycles. The average molecular weight is 475 g/mol. The van der Waals surface area contributed by atoms with Crippen molar-refractivity contribution in [1.82, 2.24) is 45.7 Å². The monoisotopic (exact) mass is 475 g/mol. The molecule has 3 aromatic heterocycles. The van der Waals surface area contributed by atoms with Crippen LogP contribution in [0.3, 0.4) is 0 Å². The number of nitrogens with one attached hydrogen (secondary N) is 2. The highest BCUT2D eigenvalue weighted by Crippen LogP contribution is 2.25. The van der Waals surface area contributed by atoms with Gasteiger partial charge in [0.05, 0.1) is 12.2 Å². The summed E-state index contributed by atoms with van der Waals surface area (Å²) in [5.41, 5.74) is 5.47. The van der Waals surface area contributed by atoms with Crippen LogP contribution in [0.4, 0.5) is 8.78 Å². The summed E-state index contributed by atoms with van der Waals surface area (Å²) in [6.45, 7) is 2.10. The number of hydrogen-bond acceptors (Lipinski definition) is 8. The number of fused-ring (bicyclic) bond motifs is 1. The van der Waals surface area contributed by atoms with E-state index in [1.807, 2.05) is 36.4 Å². The summed E-state index contributed by atoms with van der Waals surface area (Å²) in [6.07, 6.45) is -1.87. The first-order valence-corrected chi connectivity index (χ1v) is 11.0. The van der Waals surface area contributed by atoms with Crippen molar-refractivity contribution in [2.24, 2.45) is 0 Å². The number of benzene rings is 2. The van der Waals surface area contributed by atoms with Gasteiger partial charge in [-0.3, -0.25) is 0 Å². The predicted molar refractivity (Wildman–Crippen MR) is 120 cm³/mol. The Balaban J connectivity index is 1.18. The molecule has 5 aromatic rings. The first-order chi connectivity index (χ1) is 17.1. The van der Waals surface area contributed by atoms with Gasteiger partial charge in [0.2, 0.25) is 11.7 Å². The molecule has 0 unspecified atom stereocenters. The largest absolute Gasteiger partial charge is 0.415 e. The second-order valence-corrected chi connectivity index (χ2v) is 8.10. The highest BCUT2D eigenvalue weighted by atomic mass is 19.3. The van der Waals surface area contributed by atoms with Crippen molar-refractivity contribution >= 4 is 0 Å². The molecule has 0 atom stereocenters. The Bertz CT molecular complexity index is 1450. The molecule has 0 bridgehead atoms. The summed E-state index contributed by atoms with van der Waals surface area (Å²) in [5.74, 6) is 0.680. The number of rotatable bonds is 6. The van der Waals surface area contributed by atoms with Crippen LogP contribution in [0.1, 0.15) is 29.3 Å². The maximum absolute atomic E-state index is 12.7. The van der Waals surface area contributed by atoms with Crippen molar-refractivity contribution in [3.05, 3.63) is 71.4 Å².